The van der Waals surface area contributed by atoms with E-state index in [0.29, 0.717) is 16.7 Å². The Morgan fingerprint density at radius 3 is 2.72 bits per heavy atom. The third-order valence-corrected chi connectivity index (χ3v) is 5.79. The molecule has 3 aromatic heterocycles. The molecule has 0 saturated heterocycles. The fourth-order valence-corrected chi connectivity index (χ4v) is 4.13. The Bertz CT molecular complexity index is 931. The molecule has 4 rings (SSSR count). The second-order valence-corrected chi connectivity index (χ2v) is 7.44. The van der Waals surface area contributed by atoms with Crippen LogP contribution in [0.4, 0.5) is 13.2 Å². The Hall–Kier alpha value is -2.09. The smallest absolute Gasteiger partial charge is 0.312 e. The molecule has 4 nitrogen and oxygen atoms in total. The molecular weight excluding hydrogens is 349 g/mol. The highest BCUT2D eigenvalue weighted by molar-refractivity contribution is 8.00. The van der Waals surface area contributed by atoms with Crippen LogP contribution in [0.5, 0.6) is 0 Å². The number of fused-ring (bicyclic) bond motifs is 1. The standard InChI is InChI=1S/C17H15F3N4S/c1-24-15(12-5-6-21-9-14(12)25-11-3-2-4-11)23-13-7-10(17(18,19)20)8-22-16(13)24/h5-9,11H,2-4H2,1H3. The first kappa shape index (κ1) is 16.4. The lowest BCUT2D eigenvalue weighted by atomic mass is 10.00. The maximum atomic E-state index is 12.9. The third kappa shape index (κ3) is 2.99. The molecule has 0 radical (unpaired) electrons. The number of aryl methyl sites for hydroxylation is 1. The van der Waals surface area contributed by atoms with Gasteiger partial charge < -0.3 is 4.57 Å². The number of thioether (sulfide) groups is 1. The van der Waals surface area contributed by atoms with Gasteiger partial charge in [-0.15, -0.1) is 11.8 Å². The van der Waals surface area contributed by atoms with Crippen molar-refractivity contribution in [3.8, 4) is 11.4 Å². The summed E-state index contributed by atoms with van der Waals surface area (Å²) in [5.74, 6) is 0.603. The van der Waals surface area contributed by atoms with Crippen LogP contribution in [0.15, 0.2) is 35.6 Å². The second-order valence-electron chi connectivity index (χ2n) is 6.10. The van der Waals surface area contributed by atoms with Crippen LogP contribution in [0.2, 0.25) is 0 Å². The van der Waals surface area contributed by atoms with Crippen LogP contribution in [0, 0.1) is 0 Å². The summed E-state index contributed by atoms with van der Waals surface area (Å²) in [5, 5.41) is 0.576. The molecule has 0 spiro atoms. The number of halogens is 3. The molecule has 0 aromatic carbocycles. The number of imidazole rings is 1. The average molecular weight is 364 g/mol. The lowest BCUT2D eigenvalue weighted by Crippen LogP contribution is -2.13. The van der Waals surface area contributed by atoms with E-state index in [1.807, 2.05) is 6.07 Å². The Morgan fingerprint density at radius 1 is 1.24 bits per heavy atom. The molecule has 0 N–H and O–H groups in total. The van der Waals surface area contributed by atoms with Crippen LogP contribution in [0.3, 0.4) is 0 Å². The van der Waals surface area contributed by atoms with Gasteiger partial charge in [-0.05, 0) is 25.0 Å². The summed E-state index contributed by atoms with van der Waals surface area (Å²) in [5.41, 5.74) is 0.757. The largest absolute Gasteiger partial charge is 0.417 e. The van der Waals surface area contributed by atoms with Crippen molar-refractivity contribution in [3.05, 3.63) is 36.3 Å². The van der Waals surface area contributed by atoms with Crippen LogP contribution in [-0.4, -0.2) is 24.8 Å². The van der Waals surface area contributed by atoms with E-state index >= 15 is 0 Å². The van der Waals surface area contributed by atoms with E-state index in [1.54, 1.807) is 35.8 Å². The van der Waals surface area contributed by atoms with Crippen molar-refractivity contribution >= 4 is 22.9 Å². The predicted molar refractivity (Wildman–Crippen MR) is 90.2 cm³/mol. The molecule has 3 aromatic rings. The average Bonchev–Trinajstić information content (AvgIpc) is 2.87. The molecule has 0 unspecified atom stereocenters. The van der Waals surface area contributed by atoms with Crippen LogP contribution in [0.1, 0.15) is 24.8 Å². The highest BCUT2D eigenvalue weighted by Crippen LogP contribution is 2.40. The van der Waals surface area contributed by atoms with Crippen molar-refractivity contribution in [2.45, 2.75) is 35.6 Å². The number of nitrogens with zero attached hydrogens (tertiary/aromatic N) is 4. The number of alkyl halides is 3. The molecular formula is C17H15F3N4S. The third-order valence-electron chi connectivity index (χ3n) is 4.41. The molecule has 0 bridgehead atoms. The molecule has 25 heavy (non-hydrogen) atoms. The van der Waals surface area contributed by atoms with Gasteiger partial charge in [0, 0.05) is 41.3 Å². The molecule has 130 valence electrons. The van der Waals surface area contributed by atoms with Crippen LogP contribution >= 0.6 is 11.8 Å². The summed E-state index contributed by atoms with van der Waals surface area (Å²) in [6, 6.07) is 2.90. The SMILES string of the molecule is Cn1c(-c2ccncc2SC2CCC2)nc2cc(C(F)(F)F)cnc21. The molecule has 0 atom stereocenters. The Kier molecular flexibility index (Phi) is 3.94. The minimum atomic E-state index is -4.43. The van der Waals surface area contributed by atoms with Crippen LogP contribution in [-0.2, 0) is 13.2 Å². The molecule has 1 fully saturated rings. The van der Waals surface area contributed by atoms with Gasteiger partial charge in [-0.2, -0.15) is 13.2 Å². The van der Waals surface area contributed by atoms with Crippen LogP contribution < -0.4 is 0 Å². The first-order valence-electron chi connectivity index (χ1n) is 7.94. The summed E-state index contributed by atoms with van der Waals surface area (Å²) in [7, 11) is 1.77. The van der Waals surface area contributed by atoms with Crippen molar-refractivity contribution in [1.82, 2.24) is 19.5 Å². The monoisotopic (exact) mass is 364 g/mol. The zero-order valence-electron chi connectivity index (χ0n) is 13.4. The highest BCUT2D eigenvalue weighted by atomic mass is 32.2. The number of hydrogen-bond donors (Lipinski definition) is 0. The van der Waals surface area contributed by atoms with Gasteiger partial charge in [-0.1, -0.05) is 6.42 Å². The van der Waals surface area contributed by atoms with Gasteiger partial charge in [0.2, 0.25) is 0 Å². The fraction of sp³-hybridized carbons (Fsp3) is 0.353. The van der Waals surface area contributed by atoms with Gasteiger partial charge >= 0.3 is 6.18 Å². The van der Waals surface area contributed by atoms with E-state index in [4.69, 9.17) is 0 Å². The lowest BCUT2D eigenvalue weighted by molar-refractivity contribution is -0.137. The lowest BCUT2D eigenvalue weighted by Gasteiger charge is -2.25. The predicted octanol–water partition coefficient (Wildman–Crippen LogP) is 4.69. The number of pyridine rings is 2. The van der Waals surface area contributed by atoms with Gasteiger partial charge in [0.1, 0.15) is 11.3 Å². The van der Waals surface area contributed by atoms with Crippen molar-refractivity contribution in [1.29, 1.82) is 0 Å². The van der Waals surface area contributed by atoms with E-state index in [9.17, 15) is 13.2 Å². The van der Waals surface area contributed by atoms with E-state index in [-0.39, 0.29) is 5.52 Å². The zero-order chi connectivity index (χ0) is 17.6. The van der Waals surface area contributed by atoms with E-state index in [1.165, 1.54) is 19.3 Å². The Balaban J connectivity index is 1.80. The summed E-state index contributed by atoms with van der Waals surface area (Å²) < 4.78 is 40.5. The molecule has 0 amide bonds. The second kappa shape index (κ2) is 6.01. The summed E-state index contributed by atoms with van der Waals surface area (Å²) in [4.78, 5) is 13.6. The first-order chi connectivity index (χ1) is 11.9. The molecule has 8 heteroatoms. The van der Waals surface area contributed by atoms with E-state index in [0.717, 1.165) is 22.7 Å². The van der Waals surface area contributed by atoms with Crippen molar-refractivity contribution in [3.63, 3.8) is 0 Å². The summed E-state index contributed by atoms with van der Waals surface area (Å²) in [6.45, 7) is 0. The molecule has 1 aliphatic carbocycles. The fourth-order valence-electron chi connectivity index (χ4n) is 2.80. The summed E-state index contributed by atoms with van der Waals surface area (Å²) in [6.07, 6.45) is 3.49. The number of hydrogen-bond acceptors (Lipinski definition) is 4. The minimum absolute atomic E-state index is 0.240. The minimum Gasteiger partial charge on any atom is -0.312 e. The normalized spacial score (nSPS) is 15.5. The van der Waals surface area contributed by atoms with E-state index < -0.39 is 11.7 Å². The maximum Gasteiger partial charge on any atom is 0.417 e. The van der Waals surface area contributed by atoms with Crippen molar-refractivity contribution in [2.24, 2.45) is 7.05 Å². The van der Waals surface area contributed by atoms with Gasteiger partial charge in [-0.25, -0.2) is 9.97 Å². The first-order valence-corrected chi connectivity index (χ1v) is 8.82. The Labute approximate surface area is 146 Å². The van der Waals surface area contributed by atoms with Crippen molar-refractivity contribution in [2.75, 3.05) is 0 Å². The van der Waals surface area contributed by atoms with Gasteiger partial charge in [-0.3, -0.25) is 4.98 Å². The molecule has 1 saturated carbocycles. The quantitative estimate of drug-likeness (QED) is 0.676. The Morgan fingerprint density at radius 2 is 2.04 bits per heavy atom. The van der Waals surface area contributed by atoms with E-state index in [2.05, 4.69) is 15.0 Å². The van der Waals surface area contributed by atoms with Gasteiger partial charge in [0.15, 0.2) is 5.65 Å². The number of aromatic nitrogens is 4. The summed E-state index contributed by atoms with van der Waals surface area (Å²) >= 11 is 1.76. The molecule has 3 heterocycles. The maximum absolute atomic E-state index is 12.9. The van der Waals surface area contributed by atoms with Crippen LogP contribution in [0.25, 0.3) is 22.6 Å². The van der Waals surface area contributed by atoms with Gasteiger partial charge in [0.05, 0.1) is 5.56 Å². The highest BCUT2D eigenvalue weighted by Gasteiger charge is 2.32. The topological polar surface area (TPSA) is 43.6 Å². The van der Waals surface area contributed by atoms with Crippen molar-refractivity contribution < 1.29 is 13.2 Å². The zero-order valence-corrected chi connectivity index (χ0v) is 14.2. The molecule has 0 aliphatic heterocycles. The molecule has 1 aliphatic rings. The van der Waals surface area contributed by atoms with Gasteiger partial charge in [0.25, 0.3) is 0 Å². The number of rotatable bonds is 3.